The van der Waals surface area contributed by atoms with Gasteiger partial charge in [0.1, 0.15) is 11.7 Å². The molecule has 0 spiro atoms. The summed E-state index contributed by atoms with van der Waals surface area (Å²) in [5.74, 6) is 0.543. The number of anilines is 1. The van der Waals surface area contributed by atoms with Crippen LogP contribution in [0.5, 0.6) is 0 Å². The lowest BCUT2D eigenvalue weighted by molar-refractivity contribution is -0.137. The molecule has 1 saturated carbocycles. The van der Waals surface area contributed by atoms with Crippen LogP contribution >= 0.6 is 0 Å². The number of halogens is 3. The molecule has 1 aliphatic rings. The second-order valence-electron chi connectivity index (χ2n) is 7.21. The van der Waals surface area contributed by atoms with Gasteiger partial charge in [0.05, 0.1) is 29.1 Å². The van der Waals surface area contributed by atoms with Gasteiger partial charge >= 0.3 is 6.18 Å². The predicted octanol–water partition coefficient (Wildman–Crippen LogP) is 3.48. The molecule has 10 heteroatoms. The number of hydrogen-bond acceptors (Lipinski definition) is 6. The highest BCUT2D eigenvalue weighted by Crippen LogP contribution is 2.35. The number of aromatic amines is 1. The maximum absolute atomic E-state index is 13.1. The fourth-order valence-electron chi connectivity index (χ4n) is 3.45. The molecule has 0 amide bonds. The molecule has 0 bridgehead atoms. The molecule has 0 radical (unpaired) electrons. The first-order valence-corrected chi connectivity index (χ1v) is 9.02. The van der Waals surface area contributed by atoms with Gasteiger partial charge in [0.25, 0.3) is 0 Å². The van der Waals surface area contributed by atoms with Crippen molar-refractivity contribution in [1.29, 1.82) is 5.26 Å². The highest BCUT2D eigenvalue weighted by Gasteiger charge is 2.33. The van der Waals surface area contributed by atoms with E-state index in [-0.39, 0.29) is 46.3 Å². The van der Waals surface area contributed by atoms with Gasteiger partial charge in [-0.3, -0.25) is 0 Å². The van der Waals surface area contributed by atoms with E-state index in [4.69, 9.17) is 0 Å². The van der Waals surface area contributed by atoms with E-state index in [1.807, 2.05) is 13.0 Å². The number of nitrogens with zero attached hydrogens (tertiary/aromatic N) is 4. The van der Waals surface area contributed by atoms with Crippen LogP contribution in [0, 0.1) is 17.2 Å². The number of H-pyrrole nitrogens is 1. The number of alkyl halides is 3. The maximum atomic E-state index is 13.1. The van der Waals surface area contributed by atoms with E-state index in [9.17, 15) is 23.5 Å². The van der Waals surface area contributed by atoms with Gasteiger partial charge in [-0.1, -0.05) is 0 Å². The van der Waals surface area contributed by atoms with Crippen molar-refractivity contribution < 1.29 is 18.3 Å². The minimum atomic E-state index is -4.53. The van der Waals surface area contributed by atoms with Crippen LogP contribution in [0.1, 0.15) is 30.9 Å². The van der Waals surface area contributed by atoms with Crippen LogP contribution in [-0.4, -0.2) is 37.2 Å². The molecule has 29 heavy (non-hydrogen) atoms. The molecule has 1 aliphatic carbocycles. The van der Waals surface area contributed by atoms with Crippen LogP contribution < -0.4 is 5.32 Å². The van der Waals surface area contributed by atoms with E-state index < -0.39 is 11.7 Å². The van der Waals surface area contributed by atoms with Crippen molar-refractivity contribution >= 4 is 17.0 Å². The van der Waals surface area contributed by atoms with Gasteiger partial charge in [0.15, 0.2) is 0 Å². The lowest BCUT2D eigenvalue weighted by Crippen LogP contribution is -2.39. The highest BCUT2D eigenvalue weighted by molar-refractivity contribution is 5.94. The molecule has 0 aliphatic heterocycles. The smallest absolute Gasteiger partial charge is 0.393 e. The van der Waals surface area contributed by atoms with E-state index in [0.29, 0.717) is 18.4 Å². The zero-order chi connectivity index (χ0) is 20.8. The van der Waals surface area contributed by atoms with E-state index in [1.165, 1.54) is 12.4 Å². The molecule has 3 aromatic heterocycles. The summed E-state index contributed by atoms with van der Waals surface area (Å²) in [5.41, 5.74) is 0.0851. The van der Waals surface area contributed by atoms with Crippen molar-refractivity contribution in [3.8, 4) is 17.3 Å². The monoisotopic (exact) mass is 402 g/mol. The summed E-state index contributed by atoms with van der Waals surface area (Å²) in [6.45, 7) is 1.95. The Morgan fingerprint density at radius 3 is 2.72 bits per heavy atom. The Hall–Kier alpha value is -3.19. The number of nitrogens with one attached hydrogen (secondary N) is 2. The van der Waals surface area contributed by atoms with Crippen molar-refractivity contribution in [1.82, 2.24) is 19.9 Å². The predicted molar refractivity (Wildman–Crippen MR) is 98.7 cm³/mol. The van der Waals surface area contributed by atoms with Crippen molar-refractivity contribution in [2.45, 2.75) is 38.1 Å². The molecule has 1 atom stereocenters. The van der Waals surface area contributed by atoms with Gasteiger partial charge in [-0.15, -0.1) is 0 Å². The standard InChI is InChI=1S/C19H17F3N6O/c1-9(10-2-13(29)3-10)27-18-26-6-11(5-23)16(28-18)15-8-25-17-14(15)4-12(7-24-17)19(20,21)22/h4,6-10,13,29H,2-3H2,1H3,(H,24,25)(H,26,27,28)/t9?,10-,13-. The Balaban J connectivity index is 1.73. The largest absolute Gasteiger partial charge is 0.417 e. The Kier molecular flexibility index (Phi) is 4.62. The van der Waals surface area contributed by atoms with Crippen LogP contribution in [0.25, 0.3) is 22.3 Å². The Bertz CT molecular complexity index is 1100. The minimum absolute atomic E-state index is 0.000605. The lowest BCUT2D eigenvalue weighted by Gasteiger charge is -2.36. The highest BCUT2D eigenvalue weighted by atomic mass is 19.4. The SMILES string of the molecule is CC(Nc1ncc(C#N)c(-c2c[nH]c3ncc(C(F)(F)F)cc23)n1)[C@H]1C[C@H](O)C1. The summed E-state index contributed by atoms with van der Waals surface area (Å²) < 4.78 is 39.3. The quantitative estimate of drug-likeness (QED) is 0.616. The maximum Gasteiger partial charge on any atom is 0.417 e. The molecule has 7 nitrogen and oxygen atoms in total. The van der Waals surface area contributed by atoms with E-state index in [2.05, 4.69) is 25.3 Å². The third kappa shape index (κ3) is 3.61. The number of aliphatic hydroxyl groups is 1. The average molecular weight is 402 g/mol. The summed E-state index contributed by atoms with van der Waals surface area (Å²) in [4.78, 5) is 15.2. The van der Waals surface area contributed by atoms with Gasteiger partial charge in [-0.25, -0.2) is 15.0 Å². The Morgan fingerprint density at radius 1 is 1.31 bits per heavy atom. The molecule has 3 N–H and O–H groups in total. The molecule has 3 aromatic rings. The van der Waals surface area contributed by atoms with Crippen molar-refractivity contribution in [3.05, 3.63) is 35.8 Å². The summed E-state index contributed by atoms with van der Waals surface area (Å²) in [6.07, 6.45) is 0.133. The first-order valence-electron chi connectivity index (χ1n) is 9.02. The topological polar surface area (TPSA) is 111 Å². The minimum Gasteiger partial charge on any atom is -0.393 e. The van der Waals surface area contributed by atoms with Crippen molar-refractivity contribution in [3.63, 3.8) is 0 Å². The summed E-state index contributed by atoms with van der Waals surface area (Å²) in [6, 6.07) is 2.97. The van der Waals surface area contributed by atoms with Gasteiger partial charge in [-0.05, 0) is 31.7 Å². The first-order chi connectivity index (χ1) is 13.8. The van der Waals surface area contributed by atoms with Crippen LogP contribution in [0.2, 0.25) is 0 Å². The third-order valence-corrected chi connectivity index (χ3v) is 5.24. The Labute approximate surface area is 163 Å². The van der Waals surface area contributed by atoms with Crippen LogP contribution in [0.3, 0.4) is 0 Å². The molecule has 150 valence electrons. The number of rotatable bonds is 4. The van der Waals surface area contributed by atoms with E-state index in [1.54, 1.807) is 0 Å². The summed E-state index contributed by atoms with van der Waals surface area (Å²) in [5, 5.41) is 22.3. The molecule has 0 aromatic carbocycles. The van der Waals surface area contributed by atoms with Crippen molar-refractivity contribution in [2.75, 3.05) is 5.32 Å². The van der Waals surface area contributed by atoms with Gasteiger partial charge in [0, 0.05) is 29.4 Å². The van der Waals surface area contributed by atoms with Crippen LogP contribution in [0.4, 0.5) is 19.1 Å². The van der Waals surface area contributed by atoms with E-state index >= 15 is 0 Å². The second-order valence-corrected chi connectivity index (χ2v) is 7.21. The normalized spacial score (nSPS) is 20.1. The number of nitriles is 1. The number of hydrogen-bond donors (Lipinski definition) is 3. The zero-order valence-corrected chi connectivity index (χ0v) is 15.3. The van der Waals surface area contributed by atoms with E-state index in [0.717, 1.165) is 12.3 Å². The number of pyridine rings is 1. The van der Waals surface area contributed by atoms with Crippen LogP contribution in [-0.2, 0) is 6.18 Å². The molecule has 1 unspecified atom stereocenters. The molecular formula is C19H17F3N6O. The van der Waals surface area contributed by atoms with Gasteiger partial charge in [0.2, 0.25) is 5.95 Å². The molecular weight excluding hydrogens is 385 g/mol. The summed E-state index contributed by atoms with van der Waals surface area (Å²) >= 11 is 0. The molecule has 0 saturated heterocycles. The third-order valence-electron chi connectivity index (χ3n) is 5.24. The Morgan fingerprint density at radius 2 is 2.07 bits per heavy atom. The van der Waals surface area contributed by atoms with Crippen LogP contribution in [0.15, 0.2) is 24.7 Å². The molecule has 3 heterocycles. The lowest BCUT2D eigenvalue weighted by atomic mass is 9.78. The zero-order valence-electron chi connectivity index (χ0n) is 15.3. The fraction of sp³-hybridized carbons (Fsp3) is 0.368. The summed E-state index contributed by atoms with van der Waals surface area (Å²) in [7, 11) is 0. The van der Waals surface area contributed by atoms with Crippen molar-refractivity contribution in [2.24, 2.45) is 5.92 Å². The number of aromatic nitrogens is 4. The number of aliphatic hydroxyl groups excluding tert-OH is 1. The first kappa shape index (κ1) is 19.1. The average Bonchev–Trinajstić information content (AvgIpc) is 3.07. The van der Waals surface area contributed by atoms with Gasteiger partial charge < -0.3 is 15.4 Å². The number of fused-ring (bicyclic) bond motifs is 1. The molecule has 4 rings (SSSR count). The second kappa shape index (κ2) is 7.00. The van der Waals surface area contributed by atoms with Gasteiger partial charge in [-0.2, -0.15) is 18.4 Å². The molecule has 1 fully saturated rings. The fourth-order valence-corrected chi connectivity index (χ4v) is 3.45.